The highest BCUT2D eigenvalue weighted by Gasteiger charge is 2.25. The normalized spacial score (nSPS) is 18.0. The zero-order chi connectivity index (χ0) is 23.3. The van der Waals surface area contributed by atoms with Gasteiger partial charge >= 0.3 is 0 Å². The third kappa shape index (κ3) is 5.21. The number of thioether (sulfide) groups is 1. The number of hydrogen-bond donors (Lipinski definition) is 2. The minimum atomic E-state index is -0.379. The molecule has 0 aliphatic carbocycles. The quantitative estimate of drug-likeness (QED) is 0.494. The molecule has 2 aromatic heterocycles. The molecule has 2 aliphatic heterocycles. The van der Waals surface area contributed by atoms with E-state index in [2.05, 4.69) is 43.7 Å². The molecule has 0 spiro atoms. The molecule has 0 radical (unpaired) electrons. The summed E-state index contributed by atoms with van der Waals surface area (Å²) in [7, 11) is 0. The van der Waals surface area contributed by atoms with Gasteiger partial charge < -0.3 is 14.6 Å². The van der Waals surface area contributed by atoms with Crippen LogP contribution in [0.2, 0.25) is 0 Å². The lowest BCUT2D eigenvalue weighted by Gasteiger charge is -2.32. The highest BCUT2D eigenvalue weighted by atomic mass is 32.2. The van der Waals surface area contributed by atoms with Gasteiger partial charge in [0.2, 0.25) is 5.95 Å². The molecule has 1 aromatic carbocycles. The number of piperidine rings is 1. The second-order valence-electron chi connectivity index (χ2n) is 8.33. The summed E-state index contributed by atoms with van der Waals surface area (Å²) in [5.41, 5.74) is 2.97. The van der Waals surface area contributed by atoms with Crippen LogP contribution in [0, 0.1) is 5.92 Å². The highest BCUT2D eigenvalue weighted by Crippen LogP contribution is 2.27. The van der Waals surface area contributed by atoms with Gasteiger partial charge in [0.1, 0.15) is 5.76 Å². The first-order chi connectivity index (χ1) is 16.7. The van der Waals surface area contributed by atoms with Crippen LogP contribution >= 0.6 is 11.8 Å². The Balaban J connectivity index is 1.13. The van der Waals surface area contributed by atoms with Gasteiger partial charge in [0.15, 0.2) is 0 Å². The maximum Gasteiger partial charge on any atom is 0.290 e. The van der Waals surface area contributed by atoms with Crippen molar-refractivity contribution < 1.29 is 14.0 Å². The van der Waals surface area contributed by atoms with Crippen LogP contribution in [0.25, 0.3) is 17.4 Å². The van der Waals surface area contributed by atoms with Crippen molar-refractivity contribution in [2.45, 2.75) is 19.4 Å². The molecule has 174 valence electrons. The first kappa shape index (κ1) is 22.4. The van der Waals surface area contributed by atoms with Gasteiger partial charge in [0.25, 0.3) is 11.1 Å². The lowest BCUT2D eigenvalue weighted by atomic mass is 9.96. The monoisotopic (exact) mass is 475 g/mol. The van der Waals surface area contributed by atoms with Crippen molar-refractivity contribution in [3.63, 3.8) is 0 Å². The maximum absolute atomic E-state index is 11.8. The third-order valence-electron chi connectivity index (χ3n) is 6.04. The lowest BCUT2D eigenvalue weighted by molar-refractivity contribution is -0.115. The second kappa shape index (κ2) is 10.2. The number of imide groups is 1. The summed E-state index contributed by atoms with van der Waals surface area (Å²) in [6.45, 7) is 3.50. The number of furan rings is 1. The predicted molar refractivity (Wildman–Crippen MR) is 132 cm³/mol. The fourth-order valence-electron chi connectivity index (χ4n) is 4.24. The summed E-state index contributed by atoms with van der Waals surface area (Å²) in [5, 5.41) is 5.52. The molecule has 0 unspecified atom stereocenters. The smallest absolute Gasteiger partial charge is 0.290 e. The van der Waals surface area contributed by atoms with Gasteiger partial charge in [-0.2, -0.15) is 0 Å². The van der Waals surface area contributed by atoms with Gasteiger partial charge in [-0.15, -0.1) is 0 Å². The summed E-state index contributed by atoms with van der Waals surface area (Å²) >= 11 is 0.891. The van der Waals surface area contributed by atoms with Gasteiger partial charge in [0, 0.05) is 31.4 Å². The number of nitrogens with one attached hydrogen (secondary N) is 2. The Kier molecular flexibility index (Phi) is 6.73. The van der Waals surface area contributed by atoms with E-state index in [0.717, 1.165) is 62.1 Å². The highest BCUT2D eigenvalue weighted by molar-refractivity contribution is 8.18. The molecule has 2 aliphatic rings. The van der Waals surface area contributed by atoms with Crippen molar-refractivity contribution >= 4 is 34.9 Å². The summed E-state index contributed by atoms with van der Waals surface area (Å²) in [6, 6.07) is 14.0. The zero-order valence-electron chi connectivity index (χ0n) is 18.6. The Labute approximate surface area is 201 Å². The van der Waals surface area contributed by atoms with Crippen LogP contribution in [-0.2, 0) is 11.3 Å². The van der Waals surface area contributed by atoms with Crippen molar-refractivity contribution in [2.24, 2.45) is 5.92 Å². The molecule has 34 heavy (non-hydrogen) atoms. The molecule has 0 saturated carbocycles. The van der Waals surface area contributed by atoms with Crippen LogP contribution in [0.5, 0.6) is 0 Å². The molecule has 4 heterocycles. The molecule has 2 fully saturated rings. The van der Waals surface area contributed by atoms with Crippen molar-refractivity contribution in [3.8, 4) is 11.3 Å². The first-order valence-electron chi connectivity index (χ1n) is 11.3. The Morgan fingerprint density at radius 1 is 1.15 bits per heavy atom. The largest absolute Gasteiger partial charge is 0.464 e. The minimum absolute atomic E-state index is 0.355. The summed E-state index contributed by atoms with van der Waals surface area (Å²) in [5.74, 6) is 1.75. The number of benzene rings is 1. The van der Waals surface area contributed by atoms with Crippen LogP contribution in [0.3, 0.4) is 0 Å². The van der Waals surface area contributed by atoms with Gasteiger partial charge in [-0.25, -0.2) is 9.97 Å². The SMILES string of the molecule is O=C1NC(=O)C(=Cc2ccnc(N3CCC(CNCc4ccccc4-c4ccco4)CC3)n2)S1. The molecule has 0 atom stereocenters. The molecule has 0 bridgehead atoms. The number of amides is 2. The van der Waals surface area contributed by atoms with E-state index in [0.29, 0.717) is 22.5 Å². The predicted octanol–water partition coefficient (Wildman–Crippen LogP) is 4.07. The fraction of sp³-hybridized carbons (Fsp3) is 0.280. The fourth-order valence-corrected chi connectivity index (χ4v) is 4.91. The van der Waals surface area contributed by atoms with Gasteiger partial charge in [-0.3, -0.25) is 14.9 Å². The molecule has 9 heteroatoms. The zero-order valence-corrected chi connectivity index (χ0v) is 19.4. The average Bonchev–Trinajstić information content (AvgIpc) is 3.50. The van der Waals surface area contributed by atoms with E-state index in [-0.39, 0.29) is 11.1 Å². The minimum Gasteiger partial charge on any atom is -0.464 e. The molecule has 2 N–H and O–H groups in total. The summed E-state index contributed by atoms with van der Waals surface area (Å²) in [4.78, 5) is 34.7. The number of carbonyl (C=O) groups excluding carboxylic acids is 2. The third-order valence-corrected chi connectivity index (χ3v) is 6.85. The van der Waals surface area contributed by atoms with Crippen molar-refractivity contribution in [3.05, 3.63) is 71.1 Å². The van der Waals surface area contributed by atoms with Crippen LogP contribution in [0.15, 0.2) is 64.2 Å². The van der Waals surface area contributed by atoms with Crippen LogP contribution in [-0.4, -0.2) is 40.7 Å². The first-order valence-corrected chi connectivity index (χ1v) is 12.1. The van der Waals surface area contributed by atoms with E-state index in [1.165, 1.54) is 5.56 Å². The molecule has 2 saturated heterocycles. The average molecular weight is 476 g/mol. The van der Waals surface area contributed by atoms with Crippen molar-refractivity contribution in [1.82, 2.24) is 20.6 Å². The Bertz CT molecular complexity index is 1200. The van der Waals surface area contributed by atoms with Crippen LogP contribution in [0.1, 0.15) is 24.1 Å². The van der Waals surface area contributed by atoms with E-state index >= 15 is 0 Å². The Morgan fingerprint density at radius 3 is 2.76 bits per heavy atom. The van der Waals surface area contributed by atoms with Gasteiger partial charge in [0.05, 0.1) is 16.9 Å². The second-order valence-corrected chi connectivity index (χ2v) is 9.34. The number of anilines is 1. The standard InChI is InChI=1S/C25H25N5O3S/c31-23-22(34-25(32)29-23)14-19-7-10-27-24(28-19)30-11-8-17(9-12-30)15-26-16-18-4-1-2-5-20(18)21-6-3-13-33-21/h1-7,10,13-14,17,26H,8-9,11-12,15-16H2,(H,29,31,32). The van der Waals surface area contributed by atoms with Crippen molar-refractivity contribution in [1.29, 1.82) is 0 Å². The van der Waals surface area contributed by atoms with E-state index in [1.54, 1.807) is 24.6 Å². The molecule has 5 rings (SSSR count). The van der Waals surface area contributed by atoms with Crippen molar-refractivity contribution in [2.75, 3.05) is 24.5 Å². The number of rotatable bonds is 7. The summed E-state index contributed by atoms with van der Waals surface area (Å²) < 4.78 is 5.58. The van der Waals surface area contributed by atoms with E-state index in [4.69, 9.17) is 4.42 Å². The molecular weight excluding hydrogens is 450 g/mol. The molecule has 2 amide bonds. The Morgan fingerprint density at radius 2 is 2.00 bits per heavy atom. The molecular formula is C25H25N5O3S. The molecule has 8 nitrogen and oxygen atoms in total. The van der Waals surface area contributed by atoms with E-state index < -0.39 is 0 Å². The molecule has 3 aromatic rings. The number of aromatic nitrogens is 2. The van der Waals surface area contributed by atoms with E-state index in [1.807, 2.05) is 18.2 Å². The number of nitrogens with zero attached hydrogens (tertiary/aromatic N) is 3. The topological polar surface area (TPSA) is 100 Å². The van der Waals surface area contributed by atoms with Gasteiger partial charge in [-0.1, -0.05) is 24.3 Å². The van der Waals surface area contributed by atoms with E-state index in [9.17, 15) is 9.59 Å². The summed E-state index contributed by atoms with van der Waals surface area (Å²) in [6.07, 6.45) is 7.13. The number of hydrogen-bond acceptors (Lipinski definition) is 8. The lowest BCUT2D eigenvalue weighted by Crippen LogP contribution is -2.38. The van der Waals surface area contributed by atoms with Crippen LogP contribution in [0.4, 0.5) is 10.7 Å². The van der Waals surface area contributed by atoms with Crippen LogP contribution < -0.4 is 15.5 Å². The van der Waals surface area contributed by atoms with Gasteiger partial charge in [-0.05, 0) is 66.9 Å². The Hall–Kier alpha value is -3.43. The number of carbonyl (C=O) groups is 2. The maximum atomic E-state index is 11.8.